The minimum Gasteiger partial charge on any atom is -0.331 e. The van der Waals surface area contributed by atoms with Crippen LogP contribution in [0.15, 0.2) is 43.1 Å². The third kappa shape index (κ3) is 3.71. The zero-order valence-electron chi connectivity index (χ0n) is 14.5. The molecule has 142 valence electrons. The van der Waals surface area contributed by atoms with Gasteiger partial charge in [-0.15, -0.1) is 0 Å². The second-order valence-corrected chi connectivity index (χ2v) is 6.11. The van der Waals surface area contributed by atoms with Crippen molar-refractivity contribution in [2.24, 2.45) is 0 Å². The van der Waals surface area contributed by atoms with Gasteiger partial charge in [0.1, 0.15) is 5.82 Å². The molecule has 1 aliphatic heterocycles. The topological polar surface area (TPSA) is 58.4 Å². The van der Waals surface area contributed by atoms with Gasteiger partial charge in [0.15, 0.2) is 5.69 Å². The van der Waals surface area contributed by atoms with E-state index >= 15 is 0 Å². The molecular formula is C18H17F3N4O2. The predicted molar refractivity (Wildman–Crippen MR) is 92.0 cm³/mol. The maximum absolute atomic E-state index is 12.8. The molecule has 0 saturated carbocycles. The molecule has 6 nitrogen and oxygen atoms in total. The fourth-order valence-corrected chi connectivity index (χ4v) is 2.84. The van der Waals surface area contributed by atoms with Crippen molar-refractivity contribution in [1.29, 1.82) is 0 Å². The van der Waals surface area contributed by atoms with Crippen LogP contribution >= 0.6 is 0 Å². The number of hydrogen-bond donors (Lipinski definition) is 0. The SMILES string of the molecule is C=CC(=O)N(C)c1ccc(C(=O)N2CCn3cc(C(F)(F)F)nc3C2)cc1. The summed E-state index contributed by atoms with van der Waals surface area (Å²) in [5, 5.41) is 0. The Bertz CT molecular complexity index is 887. The molecule has 0 radical (unpaired) electrons. The van der Waals surface area contributed by atoms with Crippen molar-refractivity contribution < 1.29 is 22.8 Å². The Hall–Kier alpha value is -3.10. The van der Waals surface area contributed by atoms with Crippen LogP contribution < -0.4 is 4.90 Å². The fourth-order valence-electron chi connectivity index (χ4n) is 2.84. The standard InChI is InChI=1S/C18H17F3N4O2/c1-3-16(26)23(2)13-6-4-12(5-7-13)17(27)25-9-8-24-10-14(18(19,20)21)22-15(24)11-25/h3-7,10H,1,8-9,11H2,2H3. The van der Waals surface area contributed by atoms with E-state index in [2.05, 4.69) is 11.6 Å². The monoisotopic (exact) mass is 378 g/mol. The maximum atomic E-state index is 12.8. The first kappa shape index (κ1) is 18.7. The second kappa shape index (κ2) is 6.90. The van der Waals surface area contributed by atoms with E-state index in [0.717, 1.165) is 6.20 Å². The lowest BCUT2D eigenvalue weighted by Gasteiger charge is -2.27. The van der Waals surface area contributed by atoms with E-state index in [9.17, 15) is 22.8 Å². The zero-order chi connectivity index (χ0) is 19.8. The number of imidazole rings is 1. The molecule has 2 heterocycles. The summed E-state index contributed by atoms with van der Waals surface area (Å²) < 4.78 is 39.8. The molecular weight excluding hydrogens is 361 g/mol. The first-order valence-corrected chi connectivity index (χ1v) is 8.13. The highest BCUT2D eigenvalue weighted by Crippen LogP contribution is 2.29. The molecule has 2 amide bonds. The zero-order valence-corrected chi connectivity index (χ0v) is 14.5. The van der Waals surface area contributed by atoms with Crippen molar-refractivity contribution in [3.63, 3.8) is 0 Å². The summed E-state index contributed by atoms with van der Waals surface area (Å²) in [5.41, 5.74) is 0.0285. The molecule has 0 saturated heterocycles. The van der Waals surface area contributed by atoms with Gasteiger partial charge in [-0.05, 0) is 30.3 Å². The Labute approximate surface area is 153 Å². The number of halogens is 3. The van der Waals surface area contributed by atoms with E-state index in [-0.39, 0.29) is 37.3 Å². The lowest BCUT2D eigenvalue weighted by Crippen LogP contribution is -2.38. The molecule has 9 heteroatoms. The molecule has 1 aromatic carbocycles. The van der Waals surface area contributed by atoms with Crippen molar-refractivity contribution >= 4 is 17.5 Å². The molecule has 1 aromatic heterocycles. The molecule has 0 aliphatic carbocycles. The Balaban J connectivity index is 1.74. The highest BCUT2D eigenvalue weighted by atomic mass is 19.4. The Morgan fingerprint density at radius 3 is 2.48 bits per heavy atom. The molecule has 0 atom stereocenters. The van der Waals surface area contributed by atoms with Crippen molar-refractivity contribution in [3.8, 4) is 0 Å². The molecule has 0 spiro atoms. The van der Waals surface area contributed by atoms with Gasteiger partial charge in [0.25, 0.3) is 5.91 Å². The van der Waals surface area contributed by atoms with E-state index in [0.29, 0.717) is 11.3 Å². The van der Waals surface area contributed by atoms with Crippen LogP contribution in [-0.4, -0.2) is 39.9 Å². The summed E-state index contributed by atoms with van der Waals surface area (Å²) in [6.07, 6.45) is -2.35. The number of rotatable bonds is 3. The number of carbonyl (C=O) groups is 2. The average molecular weight is 378 g/mol. The number of likely N-dealkylation sites (N-methyl/N-ethyl adjacent to an activating group) is 1. The van der Waals surface area contributed by atoms with E-state index in [4.69, 9.17) is 0 Å². The molecule has 1 aliphatic rings. The van der Waals surface area contributed by atoms with Gasteiger partial charge < -0.3 is 14.4 Å². The molecule has 0 N–H and O–H groups in total. The summed E-state index contributed by atoms with van der Waals surface area (Å²) in [6.45, 7) is 3.96. The first-order chi connectivity index (χ1) is 12.7. The molecule has 0 unspecified atom stereocenters. The van der Waals surface area contributed by atoms with Crippen molar-refractivity contribution in [3.05, 3.63) is 60.2 Å². The van der Waals surface area contributed by atoms with Crippen molar-refractivity contribution in [1.82, 2.24) is 14.5 Å². The van der Waals surface area contributed by atoms with Crippen LogP contribution in [0.3, 0.4) is 0 Å². The number of carbonyl (C=O) groups excluding carboxylic acids is 2. The lowest BCUT2D eigenvalue weighted by atomic mass is 10.1. The van der Waals surface area contributed by atoms with Gasteiger partial charge in [0, 0.05) is 37.6 Å². The van der Waals surface area contributed by atoms with E-state index in [1.165, 1.54) is 20.4 Å². The smallest absolute Gasteiger partial charge is 0.331 e. The summed E-state index contributed by atoms with van der Waals surface area (Å²) in [6, 6.07) is 6.40. The number of anilines is 1. The minimum absolute atomic E-state index is 0.00547. The number of alkyl halides is 3. The summed E-state index contributed by atoms with van der Waals surface area (Å²) in [4.78, 5) is 30.7. The number of amides is 2. The quantitative estimate of drug-likeness (QED) is 0.772. The minimum atomic E-state index is -4.51. The van der Waals surface area contributed by atoms with Crippen molar-refractivity contribution in [2.75, 3.05) is 18.5 Å². The van der Waals surface area contributed by atoms with Crippen LogP contribution in [0.25, 0.3) is 0 Å². The third-order valence-electron chi connectivity index (χ3n) is 4.39. The van der Waals surface area contributed by atoms with Crippen LogP contribution in [0.4, 0.5) is 18.9 Å². The first-order valence-electron chi connectivity index (χ1n) is 8.13. The van der Waals surface area contributed by atoms with Crippen LogP contribution in [0.2, 0.25) is 0 Å². The van der Waals surface area contributed by atoms with Crippen LogP contribution in [-0.2, 0) is 24.1 Å². The second-order valence-electron chi connectivity index (χ2n) is 6.11. The highest BCUT2D eigenvalue weighted by molar-refractivity contribution is 6.01. The Kier molecular flexibility index (Phi) is 4.77. The summed E-state index contributed by atoms with van der Waals surface area (Å²) in [5.74, 6) is -0.380. The van der Waals surface area contributed by atoms with E-state index < -0.39 is 11.9 Å². The predicted octanol–water partition coefficient (Wildman–Crippen LogP) is 2.71. The highest BCUT2D eigenvalue weighted by Gasteiger charge is 2.36. The molecule has 0 fully saturated rings. The fraction of sp³-hybridized carbons (Fsp3) is 0.278. The summed E-state index contributed by atoms with van der Waals surface area (Å²) in [7, 11) is 1.59. The van der Waals surface area contributed by atoms with E-state index in [1.54, 1.807) is 31.3 Å². The molecule has 3 rings (SSSR count). The van der Waals surface area contributed by atoms with Gasteiger partial charge in [-0.3, -0.25) is 9.59 Å². The Morgan fingerprint density at radius 1 is 1.22 bits per heavy atom. The Morgan fingerprint density at radius 2 is 1.89 bits per heavy atom. The molecule has 0 bridgehead atoms. The van der Waals surface area contributed by atoms with Crippen LogP contribution in [0, 0.1) is 0 Å². The summed E-state index contributed by atoms with van der Waals surface area (Å²) >= 11 is 0. The molecule has 2 aromatic rings. The van der Waals surface area contributed by atoms with Gasteiger partial charge in [-0.2, -0.15) is 13.2 Å². The number of hydrogen-bond acceptors (Lipinski definition) is 3. The van der Waals surface area contributed by atoms with Gasteiger partial charge in [-0.1, -0.05) is 6.58 Å². The van der Waals surface area contributed by atoms with Gasteiger partial charge in [0.05, 0.1) is 6.54 Å². The van der Waals surface area contributed by atoms with Crippen LogP contribution in [0.5, 0.6) is 0 Å². The lowest BCUT2D eigenvalue weighted by molar-refractivity contribution is -0.141. The maximum Gasteiger partial charge on any atom is 0.434 e. The van der Waals surface area contributed by atoms with E-state index in [1.807, 2.05) is 0 Å². The van der Waals surface area contributed by atoms with Gasteiger partial charge in [-0.25, -0.2) is 4.98 Å². The number of fused-ring (bicyclic) bond motifs is 1. The van der Waals surface area contributed by atoms with Crippen molar-refractivity contribution in [2.45, 2.75) is 19.3 Å². The van der Waals surface area contributed by atoms with Gasteiger partial charge in [0.2, 0.25) is 5.91 Å². The average Bonchev–Trinajstić information content (AvgIpc) is 3.10. The normalized spacial score (nSPS) is 13.9. The third-order valence-corrected chi connectivity index (χ3v) is 4.39. The molecule has 27 heavy (non-hydrogen) atoms. The largest absolute Gasteiger partial charge is 0.434 e. The van der Waals surface area contributed by atoms with Gasteiger partial charge >= 0.3 is 6.18 Å². The number of nitrogens with zero attached hydrogens (tertiary/aromatic N) is 4. The number of benzene rings is 1. The number of aromatic nitrogens is 2. The van der Waals surface area contributed by atoms with Crippen LogP contribution in [0.1, 0.15) is 21.9 Å².